The molecule has 0 fully saturated rings. The molecule has 0 aliphatic heterocycles. The Bertz CT molecular complexity index is 933. The summed E-state index contributed by atoms with van der Waals surface area (Å²) in [6.45, 7) is 2.68. The van der Waals surface area contributed by atoms with Crippen LogP contribution in [0.4, 0.5) is 0 Å². The van der Waals surface area contributed by atoms with Gasteiger partial charge in [-0.05, 0) is 24.1 Å². The molecule has 0 bridgehead atoms. The highest BCUT2D eigenvalue weighted by Gasteiger charge is 2.18. The van der Waals surface area contributed by atoms with Gasteiger partial charge in [0.1, 0.15) is 6.61 Å². The highest BCUT2D eigenvalue weighted by molar-refractivity contribution is 5.95. The highest BCUT2D eigenvalue weighted by atomic mass is 16.5. The van der Waals surface area contributed by atoms with Crippen molar-refractivity contribution in [2.75, 3.05) is 20.3 Å². The Morgan fingerprint density at radius 3 is 2.56 bits per heavy atom. The Hall–Kier alpha value is -3.25. The van der Waals surface area contributed by atoms with E-state index in [1.165, 1.54) is 10.8 Å². The van der Waals surface area contributed by atoms with Crippen molar-refractivity contribution in [3.8, 4) is 17.4 Å². The molecule has 0 saturated heterocycles. The number of hydrogen-bond acceptors (Lipinski definition) is 5. The van der Waals surface area contributed by atoms with E-state index in [1.807, 2.05) is 61.5 Å². The Morgan fingerprint density at radius 2 is 1.81 bits per heavy atom. The lowest BCUT2D eigenvalue weighted by molar-refractivity contribution is 0.0953. The van der Waals surface area contributed by atoms with Crippen LogP contribution in [0.25, 0.3) is 17.5 Å². The number of benzene rings is 2. The SMILES string of the molecule is COCCOc1nc(-c2ccccc2C)n(C(=O)/C=C/c2ccccc2)n1. The molecule has 6 nitrogen and oxygen atoms in total. The van der Waals surface area contributed by atoms with Crippen LogP contribution in [0.2, 0.25) is 0 Å². The maximum atomic E-state index is 12.8. The maximum absolute atomic E-state index is 12.8. The minimum absolute atomic E-state index is 0.145. The van der Waals surface area contributed by atoms with Crippen molar-refractivity contribution >= 4 is 12.0 Å². The summed E-state index contributed by atoms with van der Waals surface area (Å²) < 4.78 is 11.7. The van der Waals surface area contributed by atoms with Gasteiger partial charge in [-0.15, -0.1) is 5.10 Å². The number of carbonyl (C=O) groups excluding carboxylic acids is 1. The molecule has 138 valence electrons. The molecule has 3 aromatic rings. The molecule has 0 amide bonds. The topological polar surface area (TPSA) is 66.2 Å². The Labute approximate surface area is 158 Å². The van der Waals surface area contributed by atoms with Crippen LogP contribution in [-0.2, 0) is 4.74 Å². The first kappa shape index (κ1) is 18.5. The fourth-order valence-corrected chi connectivity index (χ4v) is 2.52. The second kappa shape index (κ2) is 8.91. The van der Waals surface area contributed by atoms with Gasteiger partial charge in [-0.3, -0.25) is 4.79 Å². The van der Waals surface area contributed by atoms with Gasteiger partial charge in [0.05, 0.1) is 6.61 Å². The first-order valence-electron chi connectivity index (χ1n) is 8.61. The van der Waals surface area contributed by atoms with Crippen LogP contribution < -0.4 is 4.74 Å². The van der Waals surface area contributed by atoms with Crippen molar-refractivity contribution in [3.63, 3.8) is 0 Å². The summed E-state index contributed by atoms with van der Waals surface area (Å²) in [5.41, 5.74) is 2.75. The molecule has 0 aliphatic rings. The monoisotopic (exact) mass is 363 g/mol. The largest absolute Gasteiger partial charge is 0.460 e. The molecule has 0 N–H and O–H groups in total. The molecule has 0 atom stereocenters. The second-order valence-electron chi connectivity index (χ2n) is 5.87. The van der Waals surface area contributed by atoms with Gasteiger partial charge in [-0.2, -0.15) is 9.67 Å². The summed E-state index contributed by atoms with van der Waals surface area (Å²) in [6, 6.07) is 17.5. The van der Waals surface area contributed by atoms with Crippen molar-refractivity contribution in [1.29, 1.82) is 0 Å². The summed E-state index contributed by atoms with van der Waals surface area (Å²) in [7, 11) is 1.59. The zero-order valence-electron chi connectivity index (χ0n) is 15.3. The number of allylic oxidation sites excluding steroid dienone is 1. The molecule has 2 aromatic carbocycles. The fraction of sp³-hybridized carbons (Fsp3) is 0.190. The lowest BCUT2D eigenvalue weighted by Gasteiger charge is -2.04. The summed E-state index contributed by atoms with van der Waals surface area (Å²) >= 11 is 0. The third-order valence-corrected chi connectivity index (χ3v) is 3.92. The van der Waals surface area contributed by atoms with E-state index in [2.05, 4.69) is 10.1 Å². The van der Waals surface area contributed by atoms with Crippen LogP contribution in [-0.4, -0.2) is 41.0 Å². The summed E-state index contributed by atoms with van der Waals surface area (Å²) in [5, 5.41) is 4.24. The predicted molar refractivity (Wildman–Crippen MR) is 104 cm³/mol. The number of aromatic nitrogens is 3. The number of methoxy groups -OCH3 is 1. The number of ether oxygens (including phenoxy) is 2. The van der Waals surface area contributed by atoms with E-state index >= 15 is 0 Å². The Balaban J connectivity index is 1.93. The van der Waals surface area contributed by atoms with Crippen molar-refractivity contribution in [2.45, 2.75) is 6.92 Å². The van der Waals surface area contributed by atoms with Crippen LogP contribution in [0.1, 0.15) is 15.9 Å². The van der Waals surface area contributed by atoms with Gasteiger partial charge in [0.15, 0.2) is 5.82 Å². The van der Waals surface area contributed by atoms with E-state index in [0.29, 0.717) is 19.0 Å². The molecule has 1 heterocycles. The first-order chi connectivity index (χ1) is 13.2. The Kier molecular flexibility index (Phi) is 6.12. The fourth-order valence-electron chi connectivity index (χ4n) is 2.52. The van der Waals surface area contributed by atoms with Gasteiger partial charge in [0.25, 0.3) is 5.91 Å². The number of nitrogens with zero attached hydrogens (tertiary/aromatic N) is 3. The van der Waals surface area contributed by atoms with E-state index in [1.54, 1.807) is 13.2 Å². The molecule has 27 heavy (non-hydrogen) atoms. The number of rotatable bonds is 7. The van der Waals surface area contributed by atoms with Gasteiger partial charge in [0.2, 0.25) is 0 Å². The van der Waals surface area contributed by atoms with Gasteiger partial charge in [-0.1, -0.05) is 54.6 Å². The molecule has 0 saturated carbocycles. The maximum Gasteiger partial charge on any atom is 0.336 e. The van der Waals surface area contributed by atoms with E-state index in [9.17, 15) is 4.79 Å². The minimum atomic E-state index is -0.300. The summed E-state index contributed by atoms with van der Waals surface area (Å²) in [5.74, 6) is 0.148. The lowest BCUT2D eigenvalue weighted by Crippen LogP contribution is -2.12. The normalized spacial score (nSPS) is 11.0. The second-order valence-corrected chi connectivity index (χ2v) is 5.87. The van der Waals surface area contributed by atoms with Gasteiger partial charge in [-0.25, -0.2) is 0 Å². The molecule has 0 aliphatic carbocycles. The van der Waals surface area contributed by atoms with E-state index in [4.69, 9.17) is 9.47 Å². The van der Waals surface area contributed by atoms with Gasteiger partial charge in [0, 0.05) is 18.7 Å². The zero-order valence-corrected chi connectivity index (χ0v) is 15.3. The standard InChI is InChI=1S/C21H21N3O3/c1-16-8-6-7-11-18(16)20-22-21(27-15-14-26-2)23-24(20)19(25)13-12-17-9-4-3-5-10-17/h3-13H,14-15H2,1-2H3/b13-12+. The van der Waals surface area contributed by atoms with Crippen LogP contribution in [0.15, 0.2) is 60.7 Å². The molecule has 0 unspecified atom stereocenters. The van der Waals surface area contributed by atoms with Gasteiger partial charge < -0.3 is 9.47 Å². The van der Waals surface area contributed by atoms with Crippen molar-refractivity contribution in [1.82, 2.24) is 14.8 Å². The third kappa shape index (κ3) is 4.68. The zero-order chi connectivity index (χ0) is 19.1. The Morgan fingerprint density at radius 1 is 1.07 bits per heavy atom. The van der Waals surface area contributed by atoms with E-state index in [-0.39, 0.29) is 11.9 Å². The summed E-state index contributed by atoms with van der Waals surface area (Å²) in [4.78, 5) is 17.2. The number of carbonyl (C=O) groups is 1. The molecule has 6 heteroatoms. The molecule has 1 aromatic heterocycles. The first-order valence-corrected chi connectivity index (χ1v) is 8.61. The molecular formula is C21H21N3O3. The average Bonchev–Trinajstić information content (AvgIpc) is 3.11. The minimum Gasteiger partial charge on any atom is -0.460 e. The van der Waals surface area contributed by atoms with Crippen molar-refractivity contribution in [3.05, 3.63) is 71.8 Å². The van der Waals surface area contributed by atoms with E-state index < -0.39 is 0 Å². The summed E-state index contributed by atoms with van der Waals surface area (Å²) in [6.07, 6.45) is 3.22. The number of hydrogen-bond donors (Lipinski definition) is 0. The molecule has 0 spiro atoms. The predicted octanol–water partition coefficient (Wildman–Crippen LogP) is 3.63. The van der Waals surface area contributed by atoms with Gasteiger partial charge >= 0.3 is 6.01 Å². The van der Waals surface area contributed by atoms with Crippen LogP contribution >= 0.6 is 0 Å². The number of aryl methyl sites for hydroxylation is 1. The molecular weight excluding hydrogens is 342 g/mol. The average molecular weight is 363 g/mol. The van der Waals surface area contributed by atoms with E-state index in [0.717, 1.165) is 16.7 Å². The van der Waals surface area contributed by atoms with Crippen molar-refractivity contribution < 1.29 is 14.3 Å². The van der Waals surface area contributed by atoms with Crippen LogP contribution in [0.5, 0.6) is 6.01 Å². The smallest absolute Gasteiger partial charge is 0.336 e. The highest BCUT2D eigenvalue weighted by Crippen LogP contribution is 2.23. The lowest BCUT2D eigenvalue weighted by atomic mass is 10.1. The van der Waals surface area contributed by atoms with Crippen molar-refractivity contribution in [2.24, 2.45) is 0 Å². The molecule has 3 rings (SSSR count). The van der Waals surface area contributed by atoms with Crippen LogP contribution in [0.3, 0.4) is 0 Å². The van der Waals surface area contributed by atoms with Crippen LogP contribution in [0, 0.1) is 6.92 Å². The molecule has 0 radical (unpaired) electrons. The quantitative estimate of drug-likeness (QED) is 0.474. The third-order valence-electron chi connectivity index (χ3n) is 3.92.